The standard InChI is InChI=1S/C18H16O3/c1-19-17-11-8-13-12-15(9-10-16(13)18(17)20-2)21-14-6-4-3-5-7-14/h3-12H,1-2H3. The number of hydrogen-bond donors (Lipinski definition) is 0. The Bertz CT molecular complexity index is 751. The van der Waals surface area contributed by atoms with Gasteiger partial charge in [0, 0.05) is 5.39 Å². The molecule has 3 aromatic carbocycles. The maximum absolute atomic E-state index is 5.84. The third-order valence-corrected chi connectivity index (χ3v) is 3.31. The number of hydrogen-bond acceptors (Lipinski definition) is 3. The maximum Gasteiger partial charge on any atom is 0.168 e. The van der Waals surface area contributed by atoms with E-state index >= 15 is 0 Å². The minimum Gasteiger partial charge on any atom is -0.493 e. The topological polar surface area (TPSA) is 27.7 Å². The zero-order valence-electron chi connectivity index (χ0n) is 12.0. The lowest BCUT2D eigenvalue weighted by atomic mass is 10.1. The molecule has 3 heteroatoms. The molecule has 0 N–H and O–H groups in total. The summed E-state index contributed by atoms with van der Waals surface area (Å²) < 4.78 is 16.6. The van der Waals surface area contributed by atoms with Gasteiger partial charge in [0.2, 0.25) is 0 Å². The van der Waals surface area contributed by atoms with Crippen molar-refractivity contribution in [1.82, 2.24) is 0 Å². The molecule has 0 saturated carbocycles. The molecule has 0 fully saturated rings. The minimum absolute atomic E-state index is 0.724. The summed E-state index contributed by atoms with van der Waals surface area (Å²) in [6.45, 7) is 0. The first-order chi connectivity index (χ1) is 10.3. The van der Waals surface area contributed by atoms with Crippen molar-refractivity contribution in [1.29, 1.82) is 0 Å². The van der Waals surface area contributed by atoms with Crippen molar-refractivity contribution in [3.8, 4) is 23.0 Å². The Kier molecular flexibility index (Phi) is 3.65. The van der Waals surface area contributed by atoms with E-state index in [-0.39, 0.29) is 0 Å². The fraction of sp³-hybridized carbons (Fsp3) is 0.111. The quantitative estimate of drug-likeness (QED) is 0.696. The number of ether oxygens (including phenoxy) is 3. The van der Waals surface area contributed by atoms with E-state index in [0.717, 1.165) is 33.8 Å². The van der Waals surface area contributed by atoms with Crippen LogP contribution in [-0.2, 0) is 0 Å². The molecular weight excluding hydrogens is 264 g/mol. The molecule has 21 heavy (non-hydrogen) atoms. The molecule has 0 saturated heterocycles. The molecule has 0 heterocycles. The van der Waals surface area contributed by atoms with Gasteiger partial charge in [0.05, 0.1) is 14.2 Å². The molecule has 106 valence electrons. The van der Waals surface area contributed by atoms with E-state index in [1.165, 1.54) is 0 Å². The Morgan fingerprint density at radius 3 is 2.24 bits per heavy atom. The summed E-state index contributed by atoms with van der Waals surface area (Å²) in [6, 6.07) is 19.5. The first kappa shape index (κ1) is 13.3. The number of rotatable bonds is 4. The normalized spacial score (nSPS) is 10.4. The predicted octanol–water partition coefficient (Wildman–Crippen LogP) is 4.65. The van der Waals surface area contributed by atoms with Crippen molar-refractivity contribution >= 4 is 10.8 Å². The average molecular weight is 280 g/mol. The number of methoxy groups -OCH3 is 2. The Morgan fingerprint density at radius 1 is 0.714 bits per heavy atom. The lowest BCUT2D eigenvalue weighted by Crippen LogP contribution is -1.92. The van der Waals surface area contributed by atoms with Gasteiger partial charge in [-0.2, -0.15) is 0 Å². The van der Waals surface area contributed by atoms with Gasteiger partial charge in [-0.1, -0.05) is 24.3 Å². The summed E-state index contributed by atoms with van der Waals surface area (Å²) in [6.07, 6.45) is 0. The van der Waals surface area contributed by atoms with Crippen molar-refractivity contribution in [2.24, 2.45) is 0 Å². The summed E-state index contributed by atoms with van der Waals surface area (Å²) in [4.78, 5) is 0. The van der Waals surface area contributed by atoms with Crippen LogP contribution < -0.4 is 14.2 Å². The summed E-state index contributed by atoms with van der Waals surface area (Å²) >= 11 is 0. The molecule has 0 aliphatic rings. The van der Waals surface area contributed by atoms with E-state index < -0.39 is 0 Å². The fourth-order valence-corrected chi connectivity index (χ4v) is 2.32. The average Bonchev–Trinajstić information content (AvgIpc) is 2.54. The smallest absolute Gasteiger partial charge is 0.168 e. The van der Waals surface area contributed by atoms with Crippen molar-refractivity contribution in [3.05, 3.63) is 60.7 Å². The van der Waals surface area contributed by atoms with Crippen LogP contribution >= 0.6 is 0 Å². The van der Waals surface area contributed by atoms with Crippen LogP contribution in [0.4, 0.5) is 0 Å². The molecule has 0 atom stereocenters. The number of fused-ring (bicyclic) bond motifs is 1. The third-order valence-electron chi connectivity index (χ3n) is 3.31. The van der Waals surface area contributed by atoms with E-state index in [2.05, 4.69) is 0 Å². The van der Waals surface area contributed by atoms with Gasteiger partial charge in [0.1, 0.15) is 11.5 Å². The highest BCUT2D eigenvalue weighted by Gasteiger charge is 2.09. The van der Waals surface area contributed by atoms with Gasteiger partial charge in [0.25, 0.3) is 0 Å². The van der Waals surface area contributed by atoms with Gasteiger partial charge < -0.3 is 14.2 Å². The van der Waals surface area contributed by atoms with Crippen LogP contribution in [0.25, 0.3) is 10.8 Å². The molecule has 3 nitrogen and oxygen atoms in total. The Morgan fingerprint density at radius 2 is 1.52 bits per heavy atom. The molecule has 0 aliphatic heterocycles. The van der Waals surface area contributed by atoms with E-state index in [1.807, 2.05) is 60.7 Å². The molecule has 0 amide bonds. The second-order valence-corrected chi connectivity index (χ2v) is 4.60. The fourth-order valence-electron chi connectivity index (χ4n) is 2.32. The predicted molar refractivity (Wildman–Crippen MR) is 83.6 cm³/mol. The van der Waals surface area contributed by atoms with Gasteiger partial charge in [0.15, 0.2) is 11.5 Å². The van der Waals surface area contributed by atoms with Crippen LogP contribution in [0.1, 0.15) is 0 Å². The first-order valence-corrected chi connectivity index (χ1v) is 6.69. The Labute approximate surface area is 123 Å². The first-order valence-electron chi connectivity index (χ1n) is 6.69. The van der Waals surface area contributed by atoms with Crippen LogP contribution in [-0.4, -0.2) is 14.2 Å². The highest BCUT2D eigenvalue weighted by Crippen LogP contribution is 2.37. The summed E-state index contributed by atoms with van der Waals surface area (Å²) in [5.41, 5.74) is 0. The van der Waals surface area contributed by atoms with Crippen molar-refractivity contribution in [2.75, 3.05) is 14.2 Å². The second-order valence-electron chi connectivity index (χ2n) is 4.60. The van der Waals surface area contributed by atoms with Crippen LogP contribution in [0.2, 0.25) is 0 Å². The van der Waals surface area contributed by atoms with Crippen LogP contribution in [0.3, 0.4) is 0 Å². The van der Waals surface area contributed by atoms with Crippen LogP contribution in [0.15, 0.2) is 60.7 Å². The Hall–Kier alpha value is -2.68. The molecule has 0 aromatic heterocycles. The van der Waals surface area contributed by atoms with E-state index in [0.29, 0.717) is 0 Å². The lowest BCUT2D eigenvalue weighted by Gasteiger charge is -2.12. The molecule has 3 aromatic rings. The molecule has 0 unspecified atom stereocenters. The largest absolute Gasteiger partial charge is 0.493 e. The number of benzene rings is 3. The van der Waals surface area contributed by atoms with Crippen molar-refractivity contribution in [2.45, 2.75) is 0 Å². The zero-order valence-corrected chi connectivity index (χ0v) is 12.0. The lowest BCUT2D eigenvalue weighted by molar-refractivity contribution is 0.358. The monoisotopic (exact) mass is 280 g/mol. The van der Waals surface area contributed by atoms with Gasteiger partial charge in [-0.25, -0.2) is 0 Å². The van der Waals surface area contributed by atoms with E-state index in [4.69, 9.17) is 14.2 Å². The molecule has 3 rings (SSSR count). The highest BCUT2D eigenvalue weighted by molar-refractivity contribution is 5.91. The van der Waals surface area contributed by atoms with Crippen LogP contribution in [0.5, 0.6) is 23.0 Å². The molecular formula is C18H16O3. The highest BCUT2D eigenvalue weighted by atomic mass is 16.5. The SMILES string of the molecule is COc1ccc2cc(Oc3ccccc3)ccc2c1OC. The van der Waals surface area contributed by atoms with E-state index in [1.54, 1.807) is 14.2 Å². The van der Waals surface area contributed by atoms with E-state index in [9.17, 15) is 0 Å². The molecule has 0 bridgehead atoms. The minimum atomic E-state index is 0.724. The van der Waals surface area contributed by atoms with Gasteiger partial charge in [-0.3, -0.25) is 0 Å². The second kappa shape index (κ2) is 5.75. The summed E-state index contributed by atoms with van der Waals surface area (Å²) in [7, 11) is 3.28. The summed E-state index contributed by atoms with van der Waals surface area (Å²) in [5.74, 6) is 3.07. The molecule has 0 aliphatic carbocycles. The van der Waals surface area contributed by atoms with Crippen LogP contribution in [0, 0.1) is 0 Å². The zero-order chi connectivity index (χ0) is 14.7. The van der Waals surface area contributed by atoms with Gasteiger partial charge in [-0.15, -0.1) is 0 Å². The number of para-hydroxylation sites is 1. The van der Waals surface area contributed by atoms with Gasteiger partial charge >= 0.3 is 0 Å². The Balaban J connectivity index is 2.01. The third kappa shape index (κ3) is 2.63. The van der Waals surface area contributed by atoms with Crippen molar-refractivity contribution < 1.29 is 14.2 Å². The van der Waals surface area contributed by atoms with Crippen molar-refractivity contribution in [3.63, 3.8) is 0 Å². The molecule has 0 radical (unpaired) electrons. The maximum atomic E-state index is 5.84. The van der Waals surface area contributed by atoms with Gasteiger partial charge in [-0.05, 0) is 41.8 Å². The molecule has 0 spiro atoms. The summed E-state index contributed by atoms with van der Waals surface area (Å²) in [5, 5.41) is 2.04.